The molecular formula is C23H22Cl2FN3O3. The summed E-state index contributed by atoms with van der Waals surface area (Å²) in [5, 5.41) is 11.2. The van der Waals surface area contributed by atoms with Gasteiger partial charge in [-0.3, -0.25) is 9.47 Å². The molecule has 9 heteroatoms. The number of aliphatic hydroxyl groups is 1. The zero-order valence-electron chi connectivity index (χ0n) is 17.3. The third-order valence-corrected chi connectivity index (χ3v) is 6.87. The Kier molecular flexibility index (Phi) is 5.53. The second-order valence-electron chi connectivity index (χ2n) is 8.38. The Morgan fingerprint density at radius 2 is 2.00 bits per heavy atom. The lowest BCUT2D eigenvalue weighted by molar-refractivity contribution is 0.0818. The van der Waals surface area contributed by atoms with Crippen molar-refractivity contribution in [1.29, 1.82) is 0 Å². The summed E-state index contributed by atoms with van der Waals surface area (Å²) in [6.07, 6.45) is 3.67. The van der Waals surface area contributed by atoms with E-state index in [1.165, 1.54) is 27.5 Å². The summed E-state index contributed by atoms with van der Waals surface area (Å²) in [5.41, 5.74) is 1.61. The summed E-state index contributed by atoms with van der Waals surface area (Å²) in [6, 6.07) is 7.89. The Morgan fingerprint density at radius 1 is 1.19 bits per heavy atom. The van der Waals surface area contributed by atoms with E-state index in [-0.39, 0.29) is 23.5 Å². The monoisotopic (exact) mass is 477 g/mol. The maximum atomic E-state index is 14.6. The third kappa shape index (κ3) is 3.73. The molecule has 1 fully saturated rings. The predicted molar refractivity (Wildman–Crippen MR) is 120 cm³/mol. The molecule has 0 unspecified atom stereocenters. The van der Waals surface area contributed by atoms with E-state index < -0.39 is 11.9 Å². The van der Waals surface area contributed by atoms with Crippen molar-refractivity contribution in [2.45, 2.75) is 31.1 Å². The van der Waals surface area contributed by atoms with Crippen LogP contribution in [0.3, 0.4) is 0 Å². The molecule has 1 aliphatic carbocycles. The van der Waals surface area contributed by atoms with Crippen molar-refractivity contribution in [3.8, 4) is 11.4 Å². The molecule has 0 bridgehead atoms. The van der Waals surface area contributed by atoms with Crippen LogP contribution in [-0.4, -0.2) is 44.4 Å². The van der Waals surface area contributed by atoms with E-state index in [9.17, 15) is 14.3 Å². The summed E-state index contributed by atoms with van der Waals surface area (Å²) in [7, 11) is 1.61. The van der Waals surface area contributed by atoms with Crippen LogP contribution >= 0.6 is 23.2 Å². The third-order valence-electron chi connectivity index (χ3n) is 6.32. The van der Waals surface area contributed by atoms with E-state index >= 15 is 0 Å². The number of aliphatic hydroxyl groups excluding tert-OH is 1. The molecule has 3 aromatic rings. The topological polar surface area (TPSA) is 59.6 Å². The van der Waals surface area contributed by atoms with Crippen LogP contribution in [0.2, 0.25) is 10.0 Å². The van der Waals surface area contributed by atoms with Crippen molar-refractivity contribution < 1.29 is 14.2 Å². The molecule has 2 heterocycles. The highest BCUT2D eigenvalue weighted by molar-refractivity contribution is 6.35. The van der Waals surface area contributed by atoms with Gasteiger partial charge >= 0.3 is 5.69 Å². The quantitative estimate of drug-likeness (QED) is 0.621. The maximum Gasteiger partial charge on any atom is 0.332 e. The average Bonchev–Trinajstić information content (AvgIpc) is 3.42. The molecule has 168 valence electrons. The van der Waals surface area contributed by atoms with Crippen LogP contribution in [0, 0.1) is 5.82 Å². The highest BCUT2D eigenvalue weighted by Gasteiger charge is 2.41. The van der Waals surface area contributed by atoms with Crippen LogP contribution in [0.25, 0.3) is 5.69 Å². The Balaban J connectivity index is 1.53. The van der Waals surface area contributed by atoms with Crippen molar-refractivity contribution in [1.82, 2.24) is 14.0 Å². The molecule has 6 nitrogen and oxygen atoms in total. The number of aromatic nitrogens is 2. The number of likely N-dealkylation sites (tertiary alicyclic amines) is 1. The molecule has 0 amide bonds. The van der Waals surface area contributed by atoms with Crippen molar-refractivity contribution in [2.75, 3.05) is 13.1 Å². The van der Waals surface area contributed by atoms with Crippen molar-refractivity contribution in [3.05, 3.63) is 80.2 Å². The Hall–Kier alpha value is -2.32. The Morgan fingerprint density at radius 3 is 2.69 bits per heavy atom. The second-order valence-corrected chi connectivity index (χ2v) is 9.22. The summed E-state index contributed by atoms with van der Waals surface area (Å²) in [6.45, 7) is 1.30. The first-order valence-electron chi connectivity index (χ1n) is 10.4. The SMILES string of the molecule is Cn1ccn(-c2cc(O[C@H]3c4cc(Cl)cc(Cl)c4C[C@H]3N3CC[C@@H](O)C3)ccc2F)c1=O. The van der Waals surface area contributed by atoms with Gasteiger partial charge in [0.05, 0.1) is 17.8 Å². The molecule has 2 aliphatic rings. The molecule has 2 aromatic carbocycles. The molecule has 3 atom stereocenters. The lowest BCUT2D eigenvalue weighted by atomic mass is 10.1. The van der Waals surface area contributed by atoms with E-state index in [0.29, 0.717) is 35.2 Å². The smallest absolute Gasteiger partial charge is 0.332 e. The minimum absolute atomic E-state index is 0.0499. The van der Waals surface area contributed by atoms with E-state index in [0.717, 1.165) is 17.7 Å². The zero-order valence-corrected chi connectivity index (χ0v) is 18.9. The molecule has 1 N–H and O–H groups in total. The number of halogens is 3. The molecule has 0 spiro atoms. The summed E-state index contributed by atoms with van der Waals surface area (Å²) >= 11 is 12.8. The highest BCUT2D eigenvalue weighted by Crippen LogP contribution is 2.43. The van der Waals surface area contributed by atoms with Gasteiger partial charge in [-0.2, -0.15) is 0 Å². The fraction of sp³-hybridized carbons (Fsp3) is 0.348. The van der Waals surface area contributed by atoms with E-state index in [1.54, 1.807) is 25.4 Å². The lowest BCUT2D eigenvalue weighted by Crippen LogP contribution is -2.39. The van der Waals surface area contributed by atoms with Gasteiger partial charge in [-0.25, -0.2) is 9.18 Å². The predicted octanol–water partition coefficient (Wildman–Crippen LogP) is 3.73. The van der Waals surface area contributed by atoms with Crippen LogP contribution in [0.15, 0.2) is 47.5 Å². The number of fused-ring (bicyclic) bond motifs is 1. The number of nitrogens with zero attached hydrogens (tertiary/aromatic N) is 3. The number of β-amino-alcohol motifs (C(OH)–C–C–N with tert-alkyl or cyclic N) is 1. The minimum Gasteiger partial charge on any atom is -0.484 e. The van der Waals surface area contributed by atoms with Crippen molar-refractivity contribution in [3.63, 3.8) is 0 Å². The van der Waals surface area contributed by atoms with Gasteiger partial charge in [0.25, 0.3) is 0 Å². The van der Waals surface area contributed by atoms with Gasteiger partial charge in [0.15, 0.2) is 0 Å². The molecule has 1 aliphatic heterocycles. The van der Waals surface area contributed by atoms with E-state index in [2.05, 4.69) is 4.90 Å². The fourth-order valence-electron chi connectivity index (χ4n) is 4.69. The normalized spacial score (nSPS) is 23.0. The van der Waals surface area contributed by atoms with Crippen molar-refractivity contribution >= 4 is 23.2 Å². The van der Waals surface area contributed by atoms with Gasteiger partial charge in [0.1, 0.15) is 17.7 Å². The fourth-order valence-corrected chi connectivity index (χ4v) is 5.28. The van der Waals surface area contributed by atoms with Crippen LogP contribution in [0.4, 0.5) is 4.39 Å². The van der Waals surface area contributed by atoms with Crippen LogP contribution in [0.5, 0.6) is 5.75 Å². The van der Waals surface area contributed by atoms with Gasteiger partial charge < -0.3 is 14.4 Å². The van der Waals surface area contributed by atoms with E-state index in [1.807, 2.05) is 6.07 Å². The van der Waals surface area contributed by atoms with Gasteiger partial charge in [0.2, 0.25) is 0 Å². The molecule has 5 rings (SSSR count). The van der Waals surface area contributed by atoms with Crippen LogP contribution in [0.1, 0.15) is 23.7 Å². The van der Waals surface area contributed by atoms with E-state index in [4.69, 9.17) is 27.9 Å². The summed E-state index contributed by atoms with van der Waals surface area (Å²) < 4.78 is 23.6. The molecule has 1 aromatic heterocycles. The van der Waals surface area contributed by atoms with Gasteiger partial charge in [0, 0.05) is 54.2 Å². The largest absolute Gasteiger partial charge is 0.484 e. The number of rotatable bonds is 4. The lowest BCUT2D eigenvalue weighted by Gasteiger charge is -2.30. The highest BCUT2D eigenvalue weighted by atomic mass is 35.5. The number of hydrogen-bond acceptors (Lipinski definition) is 4. The van der Waals surface area contributed by atoms with Crippen LogP contribution in [-0.2, 0) is 13.5 Å². The first-order valence-corrected chi connectivity index (χ1v) is 11.2. The van der Waals surface area contributed by atoms with Crippen LogP contribution < -0.4 is 10.4 Å². The number of hydrogen-bond donors (Lipinski definition) is 1. The van der Waals surface area contributed by atoms with Crippen molar-refractivity contribution in [2.24, 2.45) is 7.05 Å². The maximum absolute atomic E-state index is 14.6. The standard InChI is InChI=1S/C23H22Cl2FN3O3/c1-27-6-7-29(23(27)31)20-10-15(2-3-19(20)26)32-22-17-8-13(24)9-18(25)16(17)11-21(22)28-5-4-14(30)12-28/h2-3,6-10,14,21-22,30H,4-5,11-12H2,1H3/t14-,21-,22+/m1/s1. The first kappa shape index (κ1) is 21.5. The molecule has 0 saturated carbocycles. The summed E-state index contributed by atoms with van der Waals surface area (Å²) in [4.78, 5) is 14.5. The molecular weight excluding hydrogens is 456 g/mol. The zero-order chi connectivity index (χ0) is 22.6. The van der Waals surface area contributed by atoms with Gasteiger partial charge in [-0.15, -0.1) is 0 Å². The Bertz CT molecular complexity index is 1240. The first-order chi connectivity index (χ1) is 15.3. The minimum atomic E-state index is -0.525. The molecule has 1 saturated heterocycles. The van der Waals surface area contributed by atoms with Gasteiger partial charge in [-0.05, 0) is 42.7 Å². The summed E-state index contributed by atoms with van der Waals surface area (Å²) in [5.74, 6) is -0.0985. The Labute approximate surface area is 194 Å². The number of ether oxygens (including phenoxy) is 1. The van der Waals surface area contributed by atoms with Gasteiger partial charge in [-0.1, -0.05) is 23.2 Å². The average molecular weight is 478 g/mol. The number of imidazole rings is 1. The number of aryl methyl sites for hydroxylation is 1. The number of benzene rings is 2. The molecule has 0 radical (unpaired) electrons. The second kappa shape index (κ2) is 8.23. The molecule has 32 heavy (non-hydrogen) atoms.